The molecule has 2 aromatic rings. The van der Waals surface area contributed by atoms with E-state index in [0.29, 0.717) is 12.1 Å². The minimum atomic E-state index is -0.771. The molecule has 2 fully saturated rings. The molecule has 0 radical (unpaired) electrons. The van der Waals surface area contributed by atoms with Crippen molar-refractivity contribution in [2.75, 3.05) is 13.2 Å². The molecule has 154 valence electrons. The number of carbonyl (C=O) groups is 3. The minimum Gasteiger partial charge on any atom is -0.367 e. The summed E-state index contributed by atoms with van der Waals surface area (Å²) in [7, 11) is 0. The van der Waals surface area contributed by atoms with Crippen LogP contribution < -0.4 is 5.32 Å². The Labute approximate surface area is 169 Å². The second-order valence-corrected chi connectivity index (χ2v) is 9.10. The first-order chi connectivity index (χ1) is 13.7. The monoisotopic (exact) mass is 398 g/mol. The number of ether oxygens (including phenoxy) is 1. The molecule has 2 saturated heterocycles. The van der Waals surface area contributed by atoms with E-state index in [0.717, 1.165) is 10.9 Å². The lowest BCUT2D eigenvalue weighted by Crippen LogP contribution is -2.57. The van der Waals surface area contributed by atoms with Crippen molar-refractivity contribution in [1.29, 1.82) is 0 Å². The third-order valence-electron chi connectivity index (χ3n) is 5.82. The normalized spacial score (nSPS) is 25.3. The topological polar surface area (TPSA) is 104 Å². The summed E-state index contributed by atoms with van der Waals surface area (Å²) in [5, 5.41) is 10.6. The Bertz CT molecular complexity index is 976. The lowest BCUT2D eigenvalue weighted by Gasteiger charge is -2.35. The van der Waals surface area contributed by atoms with Gasteiger partial charge in [0, 0.05) is 23.4 Å². The molecule has 8 heteroatoms. The van der Waals surface area contributed by atoms with E-state index in [1.807, 2.05) is 33.8 Å². The Kier molecular flexibility index (Phi) is 4.69. The van der Waals surface area contributed by atoms with Gasteiger partial charge in [-0.1, -0.05) is 33.8 Å². The van der Waals surface area contributed by atoms with Crippen LogP contribution in [0.1, 0.15) is 38.1 Å². The van der Waals surface area contributed by atoms with Gasteiger partial charge >= 0.3 is 0 Å². The molecule has 1 aromatic heterocycles. The first-order valence-corrected chi connectivity index (χ1v) is 9.85. The van der Waals surface area contributed by atoms with E-state index < -0.39 is 17.5 Å². The summed E-state index contributed by atoms with van der Waals surface area (Å²) >= 11 is 0. The molecule has 2 amide bonds. The minimum absolute atomic E-state index is 0.0419. The van der Waals surface area contributed by atoms with E-state index in [2.05, 4.69) is 15.5 Å². The highest BCUT2D eigenvalue weighted by Crippen LogP contribution is 2.33. The summed E-state index contributed by atoms with van der Waals surface area (Å²) in [6.07, 6.45) is 1.43. The number of nitrogens with one attached hydrogen (secondary N) is 2. The standard InChI is InChI=1S/C21H26N4O4/c1-11-9-25(16-15(26)10-29-17(11)16)20(28)18(21(2,3)4)23-19(27)12-5-6-13-8-22-24-14(13)7-12/h5-8,11,16-18H,9-10H2,1-4H3,(H,22,24)(H,23,27)/t11-,16+,17+,18+/m0/s1. The van der Waals surface area contributed by atoms with Crippen LogP contribution in [0.2, 0.25) is 0 Å². The largest absolute Gasteiger partial charge is 0.367 e. The molecule has 29 heavy (non-hydrogen) atoms. The average Bonchev–Trinajstić information content (AvgIpc) is 3.35. The maximum atomic E-state index is 13.5. The lowest BCUT2D eigenvalue weighted by atomic mass is 9.85. The van der Waals surface area contributed by atoms with Crippen molar-refractivity contribution < 1.29 is 19.1 Å². The Balaban J connectivity index is 1.58. The number of aromatic nitrogens is 2. The molecule has 2 aliphatic rings. The smallest absolute Gasteiger partial charge is 0.252 e. The molecule has 4 atom stereocenters. The number of hydrogen-bond acceptors (Lipinski definition) is 5. The van der Waals surface area contributed by atoms with Crippen LogP contribution in [-0.4, -0.2) is 64.0 Å². The van der Waals surface area contributed by atoms with Gasteiger partial charge in [0.25, 0.3) is 5.91 Å². The molecule has 0 unspecified atom stereocenters. The third kappa shape index (κ3) is 3.42. The van der Waals surface area contributed by atoms with E-state index in [1.165, 1.54) is 0 Å². The first kappa shape index (κ1) is 19.6. The molecule has 2 N–H and O–H groups in total. The second kappa shape index (κ2) is 6.95. The van der Waals surface area contributed by atoms with E-state index in [1.54, 1.807) is 23.2 Å². The van der Waals surface area contributed by atoms with Crippen molar-refractivity contribution in [2.45, 2.75) is 45.9 Å². The van der Waals surface area contributed by atoms with E-state index in [9.17, 15) is 14.4 Å². The zero-order valence-electron chi connectivity index (χ0n) is 17.1. The number of rotatable bonds is 3. The number of benzene rings is 1. The van der Waals surface area contributed by atoms with Gasteiger partial charge in [-0.25, -0.2) is 0 Å². The van der Waals surface area contributed by atoms with Crippen molar-refractivity contribution >= 4 is 28.5 Å². The second-order valence-electron chi connectivity index (χ2n) is 9.10. The van der Waals surface area contributed by atoms with Gasteiger partial charge in [0.2, 0.25) is 5.91 Å². The van der Waals surface area contributed by atoms with Gasteiger partial charge in [0.1, 0.15) is 18.7 Å². The number of amides is 2. The Morgan fingerprint density at radius 2 is 2.10 bits per heavy atom. The van der Waals surface area contributed by atoms with Crippen molar-refractivity contribution in [3.63, 3.8) is 0 Å². The predicted molar refractivity (Wildman–Crippen MR) is 106 cm³/mol. The van der Waals surface area contributed by atoms with Crippen LogP contribution >= 0.6 is 0 Å². The van der Waals surface area contributed by atoms with Crippen LogP contribution in [-0.2, 0) is 14.3 Å². The fourth-order valence-electron chi connectivity index (χ4n) is 4.23. The van der Waals surface area contributed by atoms with Gasteiger partial charge in [-0.15, -0.1) is 0 Å². The molecule has 3 heterocycles. The number of ketones is 1. The van der Waals surface area contributed by atoms with Gasteiger partial charge in [-0.05, 0) is 17.5 Å². The summed E-state index contributed by atoms with van der Waals surface area (Å²) in [4.78, 5) is 40.3. The molecule has 2 aliphatic heterocycles. The predicted octanol–water partition coefficient (Wildman–Crippen LogP) is 1.52. The maximum Gasteiger partial charge on any atom is 0.252 e. The third-order valence-corrected chi connectivity index (χ3v) is 5.82. The van der Waals surface area contributed by atoms with Crippen molar-refractivity contribution in [2.24, 2.45) is 11.3 Å². The molecule has 0 aliphatic carbocycles. The lowest BCUT2D eigenvalue weighted by molar-refractivity contribution is -0.140. The highest BCUT2D eigenvalue weighted by Gasteiger charge is 2.52. The van der Waals surface area contributed by atoms with Crippen LogP contribution in [0, 0.1) is 11.3 Å². The SMILES string of the molecule is C[C@H]1CN(C(=O)[C@@H](NC(=O)c2ccc3cn[nH]c3c2)C(C)(C)C)[C@@H]2C(=O)CO[C@@H]21. The number of nitrogens with zero attached hydrogens (tertiary/aromatic N) is 2. The van der Waals surface area contributed by atoms with Crippen LogP contribution in [0.15, 0.2) is 24.4 Å². The number of Topliss-reactive ketones (excluding diaryl/α,β-unsaturated/α-hetero) is 1. The van der Waals surface area contributed by atoms with Crippen molar-refractivity contribution in [3.8, 4) is 0 Å². The molecule has 0 bridgehead atoms. The Morgan fingerprint density at radius 1 is 1.34 bits per heavy atom. The molecular weight excluding hydrogens is 372 g/mol. The van der Waals surface area contributed by atoms with Gasteiger partial charge in [-0.3, -0.25) is 19.5 Å². The molecule has 4 rings (SSSR count). The van der Waals surface area contributed by atoms with E-state index >= 15 is 0 Å². The van der Waals surface area contributed by atoms with E-state index in [-0.39, 0.29) is 36.2 Å². The zero-order chi connectivity index (χ0) is 20.9. The molecule has 0 saturated carbocycles. The molecule has 1 aromatic carbocycles. The summed E-state index contributed by atoms with van der Waals surface area (Å²) in [6.45, 7) is 8.17. The van der Waals surface area contributed by atoms with Crippen LogP contribution in [0.4, 0.5) is 0 Å². The molecule has 8 nitrogen and oxygen atoms in total. The number of aromatic amines is 1. The maximum absolute atomic E-state index is 13.5. The number of H-pyrrole nitrogens is 1. The van der Waals surface area contributed by atoms with E-state index in [4.69, 9.17) is 4.74 Å². The van der Waals surface area contributed by atoms with Crippen molar-refractivity contribution in [3.05, 3.63) is 30.0 Å². The Hall–Kier alpha value is -2.74. The Morgan fingerprint density at radius 3 is 2.83 bits per heavy atom. The number of hydrogen-bond donors (Lipinski definition) is 2. The number of fused-ring (bicyclic) bond motifs is 2. The quantitative estimate of drug-likeness (QED) is 0.816. The first-order valence-electron chi connectivity index (χ1n) is 9.85. The van der Waals surface area contributed by atoms with Crippen LogP contribution in [0.3, 0.4) is 0 Å². The van der Waals surface area contributed by atoms with Gasteiger partial charge < -0.3 is 15.0 Å². The number of likely N-dealkylation sites (tertiary alicyclic amines) is 1. The van der Waals surface area contributed by atoms with Crippen LogP contribution in [0.25, 0.3) is 10.9 Å². The highest BCUT2D eigenvalue weighted by atomic mass is 16.5. The average molecular weight is 398 g/mol. The fraction of sp³-hybridized carbons (Fsp3) is 0.524. The van der Waals surface area contributed by atoms with Crippen molar-refractivity contribution in [1.82, 2.24) is 20.4 Å². The summed E-state index contributed by atoms with van der Waals surface area (Å²) in [6, 6.07) is 3.90. The van der Waals surface area contributed by atoms with Gasteiger partial charge in [0.05, 0.1) is 17.8 Å². The highest BCUT2D eigenvalue weighted by molar-refractivity contribution is 6.01. The van der Waals surface area contributed by atoms with Gasteiger partial charge in [-0.2, -0.15) is 5.10 Å². The van der Waals surface area contributed by atoms with Gasteiger partial charge in [0.15, 0.2) is 5.78 Å². The molecular formula is C21H26N4O4. The number of carbonyl (C=O) groups excluding carboxylic acids is 3. The molecule has 0 spiro atoms. The summed E-state index contributed by atoms with van der Waals surface area (Å²) in [5.74, 6) is -0.579. The summed E-state index contributed by atoms with van der Waals surface area (Å²) in [5.41, 5.74) is 0.659. The fourth-order valence-corrected chi connectivity index (χ4v) is 4.23. The zero-order valence-corrected chi connectivity index (χ0v) is 17.1. The summed E-state index contributed by atoms with van der Waals surface area (Å²) < 4.78 is 5.59. The van der Waals surface area contributed by atoms with Crippen LogP contribution in [0.5, 0.6) is 0 Å².